The lowest BCUT2D eigenvalue weighted by Gasteiger charge is -2.23. The quantitative estimate of drug-likeness (QED) is 0.463. The van der Waals surface area contributed by atoms with Crippen LogP contribution < -0.4 is 14.8 Å². The first-order valence-electron chi connectivity index (χ1n) is 10.7. The molecule has 164 valence electrons. The first-order chi connectivity index (χ1) is 14.7. The van der Waals surface area contributed by atoms with Crippen molar-refractivity contribution in [3.63, 3.8) is 0 Å². The Labute approximate surface area is 185 Å². The van der Waals surface area contributed by atoms with E-state index in [-0.39, 0.29) is 5.54 Å². The normalized spacial score (nSPS) is 12.5. The van der Waals surface area contributed by atoms with Crippen LogP contribution in [0.1, 0.15) is 49.1 Å². The highest BCUT2D eigenvalue weighted by atomic mass is 16.5. The molecule has 0 saturated heterocycles. The zero-order chi connectivity index (χ0) is 22.4. The minimum Gasteiger partial charge on any atom is -0.489 e. The van der Waals surface area contributed by atoms with Crippen LogP contribution in [-0.2, 0) is 6.61 Å². The number of nitrogens with one attached hydrogen (secondary N) is 1. The highest BCUT2D eigenvalue weighted by Crippen LogP contribution is 2.30. The minimum absolute atomic E-state index is 0.0626. The average Bonchev–Trinajstić information content (AvgIpc) is 2.73. The van der Waals surface area contributed by atoms with Gasteiger partial charge < -0.3 is 19.9 Å². The molecule has 3 aromatic rings. The van der Waals surface area contributed by atoms with Gasteiger partial charge in [0.25, 0.3) is 0 Å². The van der Waals surface area contributed by atoms with Crippen molar-refractivity contribution in [1.82, 2.24) is 5.32 Å². The lowest BCUT2D eigenvalue weighted by Crippen LogP contribution is -2.38. The summed E-state index contributed by atoms with van der Waals surface area (Å²) in [4.78, 5) is 0. The smallest absolute Gasteiger partial charge is 0.134 e. The van der Waals surface area contributed by atoms with E-state index in [4.69, 9.17) is 9.47 Å². The van der Waals surface area contributed by atoms with Crippen molar-refractivity contribution < 1.29 is 14.6 Å². The molecule has 1 unspecified atom stereocenters. The van der Waals surface area contributed by atoms with Gasteiger partial charge in [0.15, 0.2) is 0 Å². The van der Waals surface area contributed by atoms with Crippen molar-refractivity contribution in [2.45, 2.75) is 52.9 Å². The SMILES string of the molecule is Cc1ccc(OCc2cc(C(O)CNC(C)(C)C)ccc2Oc2ccc(C)cc2)cc1. The Morgan fingerprint density at radius 2 is 1.42 bits per heavy atom. The molecule has 0 aliphatic rings. The molecule has 0 saturated carbocycles. The number of aliphatic hydroxyl groups is 1. The van der Waals surface area contributed by atoms with Crippen LogP contribution in [0.5, 0.6) is 17.2 Å². The third-order valence-corrected chi connectivity index (χ3v) is 4.96. The summed E-state index contributed by atoms with van der Waals surface area (Å²) in [6, 6.07) is 21.7. The van der Waals surface area contributed by atoms with Gasteiger partial charge >= 0.3 is 0 Å². The molecule has 3 rings (SSSR count). The van der Waals surface area contributed by atoms with Crippen molar-refractivity contribution in [3.8, 4) is 17.2 Å². The maximum atomic E-state index is 10.7. The number of aliphatic hydroxyl groups excluding tert-OH is 1. The van der Waals surface area contributed by atoms with Gasteiger partial charge in [-0.15, -0.1) is 0 Å². The van der Waals surface area contributed by atoms with Crippen molar-refractivity contribution in [2.75, 3.05) is 6.54 Å². The number of β-amino-alcohol motifs (C(OH)–C–C–N with tert-alkyl or cyclic N) is 1. The molecule has 4 nitrogen and oxygen atoms in total. The van der Waals surface area contributed by atoms with Gasteiger partial charge in [-0.2, -0.15) is 0 Å². The van der Waals surface area contributed by atoms with Crippen LogP contribution in [0.25, 0.3) is 0 Å². The molecule has 4 heteroatoms. The highest BCUT2D eigenvalue weighted by molar-refractivity contribution is 5.42. The Bertz CT molecular complexity index is 973. The lowest BCUT2D eigenvalue weighted by molar-refractivity contribution is 0.163. The molecule has 0 aliphatic heterocycles. The van der Waals surface area contributed by atoms with Gasteiger partial charge in [-0.05, 0) is 76.6 Å². The fourth-order valence-electron chi connectivity index (χ4n) is 3.07. The number of benzene rings is 3. The molecule has 0 spiro atoms. The fraction of sp³-hybridized carbons (Fsp3) is 0.333. The number of aryl methyl sites for hydroxylation is 2. The van der Waals surface area contributed by atoms with Crippen LogP contribution in [0.2, 0.25) is 0 Å². The topological polar surface area (TPSA) is 50.7 Å². The molecule has 0 aromatic heterocycles. The largest absolute Gasteiger partial charge is 0.489 e. The van der Waals surface area contributed by atoms with E-state index in [1.165, 1.54) is 11.1 Å². The maximum absolute atomic E-state index is 10.7. The predicted octanol–water partition coefficient (Wildman–Crippen LogP) is 6.10. The molecule has 0 fully saturated rings. The number of ether oxygens (including phenoxy) is 2. The third kappa shape index (κ3) is 7.12. The standard InChI is InChI=1S/C27H33NO3/c1-19-6-11-23(12-7-19)30-18-22-16-21(25(29)17-28-27(3,4)5)10-15-26(22)31-24-13-8-20(2)9-14-24/h6-16,25,28-29H,17-18H2,1-5H3. The average molecular weight is 420 g/mol. The summed E-state index contributed by atoms with van der Waals surface area (Å²) < 4.78 is 12.2. The number of hydrogen-bond acceptors (Lipinski definition) is 4. The first kappa shape index (κ1) is 22.9. The fourth-order valence-corrected chi connectivity index (χ4v) is 3.07. The van der Waals surface area contributed by atoms with Gasteiger partial charge in [0.05, 0.1) is 6.10 Å². The Kier molecular flexibility index (Phi) is 7.37. The van der Waals surface area contributed by atoms with Gasteiger partial charge in [0.2, 0.25) is 0 Å². The second-order valence-electron chi connectivity index (χ2n) is 9.03. The molecule has 1 atom stereocenters. The van der Waals surface area contributed by atoms with Crippen LogP contribution in [0.15, 0.2) is 66.7 Å². The van der Waals surface area contributed by atoms with Crippen LogP contribution in [0.4, 0.5) is 0 Å². The van der Waals surface area contributed by atoms with E-state index < -0.39 is 6.10 Å². The molecule has 3 aromatic carbocycles. The summed E-state index contributed by atoms with van der Waals surface area (Å²) in [6.45, 7) is 11.2. The molecule has 0 amide bonds. The summed E-state index contributed by atoms with van der Waals surface area (Å²) in [7, 11) is 0. The molecule has 2 N–H and O–H groups in total. The molecule has 0 radical (unpaired) electrons. The van der Waals surface area contributed by atoms with E-state index >= 15 is 0 Å². The van der Waals surface area contributed by atoms with E-state index in [9.17, 15) is 5.11 Å². The Morgan fingerprint density at radius 3 is 2.00 bits per heavy atom. The highest BCUT2D eigenvalue weighted by Gasteiger charge is 2.16. The van der Waals surface area contributed by atoms with Crippen LogP contribution in [-0.4, -0.2) is 17.2 Å². The summed E-state index contributed by atoms with van der Waals surface area (Å²) in [5.41, 5.74) is 4.02. The predicted molar refractivity (Wildman–Crippen MR) is 126 cm³/mol. The molecule has 0 aliphatic carbocycles. The second kappa shape index (κ2) is 9.99. The Balaban J connectivity index is 1.82. The third-order valence-electron chi connectivity index (χ3n) is 4.96. The van der Waals surface area contributed by atoms with Gasteiger partial charge in [0.1, 0.15) is 23.9 Å². The van der Waals surface area contributed by atoms with Crippen LogP contribution >= 0.6 is 0 Å². The summed E-state index contributed by atoms with van der Waals surface area (Å²) in [5, 5.41) is 14.0. The number of hydrogen-bond donors (Lipinski definition) is 2. The van der Waals surface area contributed by atoms with E-state index in [0.29, 0.717) is 13.2 Å². The van der Waals surface area contributed by atoms with E-state index in [1.54, 1.807) is 0 Å². The van der Waals surface area contributed by atoms with Gasteiger partial charge in [-0.1, -0.05) is 41.5 Å². The number of rotatable bonds is 8. The molecule has 31 heavy (non-hydrogen) atoms. The Morgan fingerprint density at radius 1 is 0.839 bits per heavy atom. The van der Waals surface area contributed by atoms with Crippen molar-refractivity contribution in [2.24, 2.45) is 0 Å². The van der Waals surface area contributed by atoms with Crippen molar-refractivity contribution >= 4 is 0 Å². The van der Waals surface area contributed by atoms with Crippen molar-refractivity contribution in [1.29, 1.82) is 0 Å². The van der Waals surface area contributed by atoms with Crippen LogP contribution in [0, 0.1) is 13.8 Å². The summed E-state index contributed by atoms with van der Waals surface area (Å²) in [6.07, 6.45) is -0.620. The van der Waals surface area contributed by atoms with Gasteiger partial charge in [0, 0.05) is 17.6 Å². The second-order valence-corrected chi connectivity index (χ2v) is 9.03. The zero-order valence-electron chi connectivity index (χ0n) is 19.1. The zero-order valence-corrected chi connectivity index (χ0v) is 19.1. The van der Waals surface area contributed by atoms with Crippen LogP contribution in [0.3, 0.4) is 0 Å². The molecular weight excluding hydrogens is 386 g/mol. The van der Waals surface area contributed by atoms with E-state index in [1.807, 2.05) is 80.6 Å². The molecule has 0 bridgehead atoms. The van der Waals surface area contributed by atoms with Gasteiger partial charge in [-0.25, -0.2) is 0 Å². The maximum Gasteiger partial charge on any atom is 0.134 e. The van der Waals surface area contributed by atoms with Gasteiger partial charge in [-0.3, -0.25) is 0 Å². The summed E-state index contributed by atoms with van der Waals surface area (Å²) in [5.74, 6) is 2.29. The Hall–Kier alpha value is -2.82. The molecular formula is C27H33NO3. The molecule has 0 heterocycles. The van der Waals surface area contributed by atoms with E-state index in [2.05, 4.69) is 26.1 Å². The monoisotopic (exact) mass is 419 g/mol. The lowest BCUT2D eigenvalue weighted by atomic mass is 10.0. The summed E-state index contributed by atoms with van der Waals surface area (Å²) >= 11 is 0. The van der Waals surface area contributed by atoms with E-state index in [0.717, 1.165) is 28.4 Å². The van der Waals surface area contributed by atoms with Crippen molar-refractivity contribution in [3.05, 3.63) is 89.0 Å². The first-order valence-corrected chi connectivity index (χ1v) is 10.7. The minimum atomic E-state index is -0.620.